The molecule has 2 aromatic carbocycles. The van der Waals surface area contributed by atoms with E-state index in [-0.39, 0.29) is 29.1 Å². The van der Waals surface area contributed by atoms with Gasteiger partial charge in [0.15, 0.2) is 5.17 Å². The maximum absolute atomic E-state index is 13.0. The van der Waals surface area contributed by atoms with Crippen molar-refractivity contribution in [2.24, 2.45) is 4.99 Å². The molecule has 1 saturated heterocycles. The fraction of sp³-hybridized carbons (Fsp3) is 0.286. The number of benzene rings is 2. The molecule has 3 rings (SSSR count). The summed E-state index contributed by atoms with van der Waals surface area (Å²) in [7, 11) is 0. The van der Waals surface area contributed by atoms with Gasteiger partial charge < -0.3 is 5.32 Å². The molecular formula is C21H20F3N3O2S. The van der Waals surface area contributed by atoms with Crippen molar-refractivity contribution in [3.63, 3.8) is 0 Å². The predicted octanol–water partition coefficient (Wildman–Crippen LogP) is 4.99. The number of halogens is 3. The van der Waals surface area contributed by atoms with E-state index in [9.17, 15) is 22.8 Å². The molecule has 1 heterocycles. The van der Waals surface area contributed by atoms with Gasteiger partial charge in [-0.1, -0.05) is 30.0 Å². The minimum Gasteiger partial charge on any atom is -0.325 e. The zero-order valence-corrected chi connectivity index (χ0v) is 17.2. The van der Waals surface area contributed by atoms with Crippen molar-refractivity contribution in [1.82, 2.24) is 4.90 Å². The van der Waals surface area contributed by atoms with Crippen molar-refractivity contribution in [3.05, 3.63) is 59.7 Å². The summed E-state index contributed by atoms with van der Waals surface area (Å²) in [5.41, 5.74) is 0.832. The quantitative estimate of drug-likeness (QED) is 0.736. The van der Waals surface area contributed by atoms with Gasteiger partial charge in [-0.2, -0.15) is 13.2 Å². The van der Waals surface area contributed by atoms with Gasteiger partial charge in [0.25, 0.3) is 0 Å². The Morgan fingerprint density at radius 3 is 2.63 bits per heavy atom. The lowest BCUT2D eigenvalue weighted by atomic mass is 10.2. The van der Waals surface area contributed by atoms with Gasteiger partial charge in [-0.15, -0.1) is 0 Å². The first-order chi connectivity index (χ1) is 14.2. The second-order valence-corrected chi connectivity index (χ2v) is 7.92. The van der Waals surface area contributed by atoms with Crippen molar-refractivity contribution in [2.45, 2.75) is 31.7 Å². The van der Waals surface area contributed by atoms with E-state index in [1.54, 1.807) is 13.0 Å². The van der Waals surface area contributed by atoms with E-state index >= 15 is 0 Å². The van der Waals surface area contributed by atoms with Crippen molar-refractivity contribution < 1.29 is 22.8 Å². The molecule has 1 aliphatic heterocycles. The number of nitrogens with one attached hydrogen (secondary N) is 1. The van der Waals surface area contributed by atoms with E-state index in [1.807, 2.05) is 25.1 Å². The van der Waals surface area contributed by atoms with E-state index in [0.29, 0.717) is 12.2 Å². The summed E-state index contributed by atoms with van der Waals surface area (Å²) in [6, 6.07) is 11.8. The van der Waals surface area contributed by atoms with Crippen LogP contribution in [0.4, 0.5) is 24.5 Å². The number of aryl methyl sites for hydroxylation is 1. The third-order valence-electron chi connectivity index (χ3n) is 4.43. The first-order valence-corrected chi connectivity index (χ1v) is 10.2. The van der Waals surface area contributed by atoms with Crippen LogP contribution in [-0.2, 0) is 15.8 Å². The maximum atomic E-state index is 13.0. The Morgan fingerprint density at radius 1 is 1.23 bits per heavy atom. The Hall–Kier alpha value is -2.81. The van der Waals surface area contributed by atoms with Crippen LogP contribution in [0.2, 0.25) is 0 Å². The molecule has 2 aromatic rings. The molecule has 5 nitrogen and oxygen atoms in total. The fourth-order valence-corrected chi connectivity index (χ4v) is 4.12. The van der Waals surface area contributed by atoms with Crippen LogP contribution in [0, 0.1) is 6.92 Å². The molecule has 1 unspecified atom stereocenters. The minimum absolute atomic E-state index is 0.0161. The molecule has 1 aliphatic rings. The van der Waals surface area contributed by atoms with Crippen molar-refractivity contribution in [2.75, 3.05) is 11.9 Å². The number of carbonyl (C=O) groups excluding carboxylic acids is 2. The average Bonchev–Trinajstić information content (AvgIpc) is 2.67. The standard InChI is InChI=1S/C21H20F3N3O2S/c1-3-27-18(28)12-17(19(29)25-15-8-4-6-13(2)10-15)30-20(27)26-16-9-5-7-14(11-16)21(22,23)24/h4-11,17H,3,12H2,1-2H3,(H,25,29). The smallest absolute Gasteiger partial charge is 0.325 e. The number of nitrogens with zero attached hydrogens (tertiary/aromatic N) is 2. The number of hydrogen-bond donors (Lipinski definition) is 1. The molecular weight excluding hydrogens is 415 g/mol. The van der Waals surface area contributed by atoms with Gasteiger partial charge in [0, 0.05) is 18.7 Å². The molecule has 1 atom stereocenters. The minimum atomic E-state index is -4.49. The molecule has 1 N–H and O–H groups in total. The highest BCUT2D eigenvalue weighted by atomic mass is 32.2. The van der Waals surface area contributed by atoms with Crippen LogP contribution in [-0.4, -0.2) is 33.7 Å². The number of aliphatic imine (C=N–C) groups is 1. The summed E-state index contributed by atoms with van der Waals surface area (Å²) in [6.45, 7) is 3.94. The van der Waals surface area contributed by atoms with Gasteiger partial charge in [0.1, 0.15) is 5.25 Å². The zero-order chi connectivity index (χ0) is 21.9. The molecule has 0 bridgehead atoms. The van der Waals surface area contributed by atoms with Crippen LogP contribution < -0.4 is 5.32 Å². The van der Waals surface area contributed by atoms with Crippen LogP contribution in [0.3, 0.4) is 0 Å². The van der Waals surface area contributed by atoms with Gasteiger partial charge in [0.05, 0.1) is 11.3 Å². The SMILES string of the molecule is CCN1C(=O)CC(C(=O)Nc2cccc(C)c2)SC1=Nc1cccc(C(F)(F)F)c1. The Morgan fingerprint density at radius 2 is 1.97 bits per heavy atom. The van der Waals surface area contributed by atoms with E-state index in [0.717, 1.165) is 29.5 Å². The first-order valence-electron chi connectivity index (χ1n) is 9.28. The van der Waals surface area contributed by atoms with Crippen LogP contribution in [0.15, 0.2) is 53.5 Å². The second kappa shape index (κ2) is 8.91. The number of amides is 2. The largest absolute Gasteiger partial charge is 0.416 e. The Labute approximate surface area is 176 Å². The maximum Gasteiger partial charge on any atom is 0.416 e. The van der Waals surface area contributed by atoms with E-state index in [4.69, 9.17) is 0 Å². The summed E-state index contributed by atoms with van der Waals surface area (Å²) >= 11 is 1.07. The summed E-state index contributed by atoms with van der Waals surface area (Å²) in [5, 5.41) is 2.26. The highest BCUT2D eigenvalue weighted by Gasteiger charge is 2.35. The number of rotatable bonds is 4. The van der Waals surface area contributed by atoms with E-state index in [2.05, 4.69) is 10.3 Å². The van der Waals surface area contributed by atoms with Gasteiger partial charge in [-0.05, 0) is 49.7 Å². The molecule has 0 aromatic heterocycles. The van der Waals surface area contributed by atoms with Crippen molar-refractivity contribution >= 4 is 40.1 Å². The number of anilines is 1. The summed E-state index contributed by atoms with van der Waals surface area (Å²) in [6.07, 6.45) is -4.51. The molecule has 1 fully saturated rings. The molecule has 158 valence electrons. The normalized spacial score (nSPS) is 18.6. The third kappa shape index (κ3) is 5.21. The Kier molecular flexibility index (Phi) is 6.50. The van der Waals surface area contributed by atoms with Crippen LogP contribution in [0.1, 0.15) is 24.5 Å². The highest BCUT2D eigenvalue weighted by molar-refractivity contribution is 8.15. The van der Waals surface area contributed by atoms with Crippen LogP contribution in [0.25, 0.3) is 0 Å². The highest BCUT2D eigenvalue weighted by Crippen LogP contribution is 2.33. The molecule has 2 amide bonds. The van der Waals surface area contributed by atoms with Crippen LogP contribution >= 0.6 is 11.8 Å². The zero-order valence-electron chi connectivity index (χ0n) is 16.4. The number of thioether (sulfide) groups is 1. The van der Waals surface area contributed by atoms with Gasteiger partial charge in [0.2, 0.25) is 11.8 Å². The average molecular weight is 435 g/mol. The van der Waals surface area contributed by atoms with E-state index < -0.39 is 17.0 Å². The second-order valence-electron chi connectivity index (χ2n) is 6.75. The Balaban J connectivity index is 1.85. The van der Waals surface area contributed by atoms with Gasteiger partial charge in [-0.25, -0.2) is 4.99 Å². The molecule has 30 heavy (non-hydrogen) atoms. The Bertz CT molecular complexity index is 991. The monoisotopic (exact) mass is 435 g/mol. The van der Waals surface area contributed by atoms with Gasteiger partial charge >= 0.3 is 6.18 Å². The fourth-order valence-electron chi connectivity index (χ4n) is 2.96. The summed E-state index contributed by atoms with van der Waals surface area (Å²) < 4.78 is 39.0. The molecule has 9 heteroatoms. The number of amidine groups is 1. The molecule has 0 spiro atoms. The summed E-state index contributed by atoms with van der Waals surface area (Å²) in [4.78, 5) is 30.9. The number of alkyl halides is 3. The topological polar surface area (TPSA) is 61.8 Å². The molecule has 0 saturated carbocycles. The summed E-state index contributed by atoms with van der Waals surface area (Å²) in [5.74, 6) is -0.655. The van der Waals surface area contributed by atoms with Crippen molar-refractivity contribution in [1.29, 1.82) is 0 Å². The lowest BCUT2D eigenvalue weighted by Gasteiger charge is -2.31. The predicted molar refractivity (Wildman–Crippen MR) is 112 cm³/mol. The van der Waals surface area contributed by atoms with Crippen molar-refractivity contribution in [3.8, 4) is 0 Å². The van der Waals surface area contributed by atoms with Gasteiger partial charge in [-0.3, -0.25) is 14.5 Å². The first kappa shape index (κ1) is 21.9. The lowest BCUT2D eigenvalue weighted by Crippen LogP contribution is -2.45. The number of hydrogen-bond acceptors (Lipinski definition) is 4. The lowest BCUT2D eigenvalue weighted by molar-refractivity contribution is -0.137. The molecule has 0 aliphatic carbocycles. The molecule has 0 radical (unpaired) electrons. The third-order valence-corrected chi connectivity index (χ3v) is 5.62. The van der Waals surface area contributed by atoms with Crippen LogP contribution in [0.5, 0.6) is 0 Å². The van der Waals surface area contributed by atoms with E-state index in [1.165, 1.54) is 17.0 Å². The number of carbonyl (C=O) groups is 2.